The maximum atomic E-state index is 13.3. The number of nitrogens with zero attached hydrogens (tertiary/aromatic N) is 1. The van der Waals surface area contributed by atoms with Gasteiger partial charge in [-0.15, -0.1) is 0 Å². The first-order chi connectivity index (χ1) is 16.9. The highest BCUT2D eigenvalue weighted by Gasteiger charge is 2.26. The number of benzene rings is 4. The predicted octanol–water partition coefficient (Wildman–Crippen LogP) is 9.07. The van der Waals surface area contributed by atoms with Crippen LogP contribution in [-0.4, -0.2) is 12.1 Å². The highest BCUT2D eigenvalue weighted by Crippen LogP contribution is 2.34. The predicted molar refractivity (Wildman–Crippen MR) is 157 cm³/mol. The summed E-state index contributed by atoms with van der Waals surface area (Å²) in [7, 11) is 0. The maximum Gasteiger partial charge on any atom is 0.251 e. The lowest BCUT2D eigenvalue weighted by Crippen LogP contribution is -2.32. The average Bonchev–Trinajstić information content (AvgIpc) is 2.86. The Morgan fingerprint density at radius 3 is 1.57 bits per heavy atom. The monoisotopic (exact) mass is 716 g/mol. The molecule has 35 heavy (non-hydrogen) atoms. The van der Waals surface area contributed by atoms with Gasteiger partial charge < -0.3 is 5.32 Å². The first-order valence-electron chi connectivity index (χ1n) is 10.7. The zero-order chi connectivity index (χ0) is 24.8. The lowest BCUT2D eigenvalue weighted by Gasteiger charge is -2.27. The van der Waals surface area contributed by atoms with Gasteiger partial charge in [0.05, 0.1) is 12.1 Å². The van der Waals surface area contributed by atoms with E-state index < -0.39 is 6.04 Å². The van der Waals surface area contributed by atoms with Gasteiger partial charge in [-0.1, -0.05) is 100 Å². The molecule has 1 amide bonds. The summed E-state index contributed by atoms with van der Waals surface area (Å²) in [6.45, 7) is 0. The molecule has 0 aromatic heterocycles. The molecule has 1 N–H and O–H groups in total. The zero-order valence-electron chi connectivity index (χ0n) is 18.3. The van der Waals surface area contributed by atoms with Gasteiger partial charge in [0.1, 0.15) is 0 Å². The summed E-state index contributed by atoms with van der Waals surface area (Å²) in [6.07, 6.45) is 1.86. The Morgan fingerprint density at radius 1 is 0.629 bits per heavy atom. The second-order valence-electron chi connectivity index (χ2n) is 7.84. The number of amides is 1. The molecule has 0 saturated carbocycles. The highest BCUT2D eigenvalue weighted by atomic mass is 79.9. The SMILES string of the molecule is O=C(N[C@H](c1ccc(Br)cc1)[C@@H](N=Cc1ccc(Br)cc1)c1ccc(Br)cc1)c1ccc(Br)cc1. The Bertz CT molecular complexity index is 1300. The van der Waals surface area contributed by atoms with E-state index in [2.05, 4.69) is 69.0 Å². The van der Waals surface area contributed by atoms with E-state index in [0.717, 1.165) is 34.6 Å². The number of carbonyl (C=O) groups excluding carboxylic acids is 1. The van der Waals surface area contributed by atoms with Crippen molar-refractivity contribution >= 4 is 75.8 Å². The number of rotatable bonds is 7. The van der Waals surface area contributed by atoms with Crippen LogP contribution in [0.3, 0.4) is 0 Å². The minimum absolute atomic E-state index is 0.161. The molecule has 0 unspecified atom stereocenters. The molecular formula is C28H20Br4N2O. The Hall–Kier alpha value is -2.06. The van der Waals surface area contributed by atoms with Crippen LogP contribution in [0.15, 0.2) is 120 Å². The van der Waals surface area contributed by atoms with Crippen LogP contribution in [0.4, 0.5) is 0 Å². The largest absolute Gasteiger partial charge is 0.343 e. The molecule has 0 bridgehead atoms. The summed E-state index contributed by atoms with van der Waals surface area (Å²) < 4.78 is 3.88. The molecule has 3 nitrogen and oxygen atoms in total. The van der Waals surface area contributed by atoms with Crippen molar-refractivity contribution in [2.24, 2.45) is 4.99 Å². The van der Waals surface area contributed by atoms with E-state index in [9.17, 15) is 4.79 Å². The topological polar surface area (TPSA) is 41.5 Å². The molecule has 4 aromatic rings. The summed E-state index contributed by atoms with van der Waals surface area (Å²) in [6, 6.07) is 30.6. The summed E-state index contributed by atoms with van der Waals surface area (Å²) in [5.74, 6) is -0.161. The number of halogens is 4. The second-order valence-corrected chi connectivity index (χ2v) is 11.5. The van der Waals surface area contributed by atoms with Gasteiger partial charge in [0.15, 0.2) is 0 Å². The Morgan fingerprint density at radius 2 is 1.06 bits per heavy atom. The van der Waals surface area contributed by atoms with E-state index in [0.29, 0.717) is 5.56 Å². The van der Waals surface area contributed by atoms with Crippen molar-refractivity contribution in [3.8, 4) is 0 Å². The number of hydrogen-bond acceptors (Lipinski definition) is 2. The molecule has 176 valence electrons. The van der Waals surface area contributed by atoms with Gasteiger partial charge in [0, 0.05) is 29.7 Å². The lowest BCUT2D eigenvalue weighted by atomic mass is 9.93. The van der Waals surface area contributed by atoms with Crippen molar-refractivity contribution < 1.29 is 4.79 Å². The average molecular weight is 720 g/mol. The van der Waals surface area contributed by atoms with E-state index >= 15 is 0 Å². The van der Waals surface area contributed by atoms with Crippen molar-refractivity contribution in [1.29, 1.82) is 0 Å². The maximum absolute atomic E-state index is 13.3. The number of carbonyl (C=O) groups is 1. The minimum atomic E-state index is -0.396. The third kappa shape index (κ3) is 7.23. The minimum Gasteiger partial charge on any atom is -0.343 e. The van der Waals surface area contributed by atoms with Crippen molar-refractivity contribution in [3.05, 3.63) is 137 Å². The van der Waals surface area contributed by atoms with Crippen LogP contribution in [0.1, 0.15) is 39.1 Å². The lowest BCUT2D eigenvalue weighted by molar-refractivity contribution is 0.0930. The van der Waals surface area contributed by atoms with E-state index in [1.807, 2.05) is 91.1 Å². The van der Waals surface area contributed by atoms with Crippen LogP contribution in [0.25, 0.3) is 0 Å². The number of aliphatic imine (C=N–C) groups is 1. The highest BCUT2D eigenvalue weighted by molar-refractivity contribution is 9.11. The number of hydrogen-bond donors (Lipinski definition) is 1. The Labute approximate surface area is 238 Å². The van der Waals surface area contributed by atoms with Crippen LogP contribution in [0.2, 0.25) is 0 Å². The Balaban J connectivity index is 1.76. The van der Waals surface area contributed by atoms with Crippen molar-refractivity contribution in [2.75, 3.05) is 0 Å². The molecule has 0 aliphatic carbocycles. The van der Waals surface area contributed by atoms with Gasteiger partial charge in [0.2, 0.25) is 0 Å². The van der Waals surface area contributed by atoms with Gasteiger partial charge in [-0.2, -0.15) is 0 Å². The van der Waals surface area contributed by atoms with Crippen molar-refractivity contribution in [1.82, 2.24) is 5.32 Å². The fourth-order valence-electron chi connectivity index (χ4n) is 3.58. The normalized spacial score (nSPS) is 12.9. The van der Waals surface area contributed by atoms with Crippen LogP contribution in [-0.2, 0) is 0 Å². The molecule has 0 fully saturated rings. The molecule has 0 aliphatic heterocycles. The van der Waals surface area contributed by atoms with Crippen LogP contribution < -0.4 is 5.32 Å². The van der Waals surface area contributed by atoms with E-state index in [4.69, 9.17) is 4.99 Å². The molecule has 0 saturated heterocycles. The smallest absolute Gasteiger partial charge is 0.251 e. The summed E-state index contributed by atoms with van der Waals surface area (Å²) >= 11 is 14.0. The van der Waals surface area contributed by atoms with E-state index in [1.165, 1.54) is 0 Å². The first-order valence-corrected chi connectivity index (χ1v) is 13.9. The fraction of sp³-hybridized carbons (Fsp3) is 0.0714. The van der Waals surface area contributed by atoms with E-state index in [1.54, 1.807) is 12.1 Å². The molecule has 4 rings (SSSR count). The van der Waals surface area contributed by atoms with Crippen LogP contribution >= 0.6 is 63.7 Å². The standard InChI is InChI=1S/C28H20Br4N2O/c29-22-9-1-18(2-10-22)17-33-26(19-3-11-23(30)12-4-19)27(20-5-13-24(31)14-6-20)34-28(35)21-7-15-25(32)16-8-21/h1-17,26-27H,(H,34,35)/t26-,27+/m0/s1. The number of nitrogens with one attached hydrogen (secondary N) is 1. The molecule has 0 radical (unpaired) electrons. The molecule has 0 heterocycles. The summed E-state index contributed by atoms with van der Waals surface area (Å²) in [4.78, 5) is 18.3. The van der Waals surface area contributed by atoms with Gasteiger partial charge in [-0.25, -0.2) is 0 Å². The van der Waals surface area contributed by atoms with Crippen molar-refractivity contribution in [3.63, 3.8) is 0 Å². The van der Waals surface area contributed by atoms with E-state index in [-0.39, 0.29) is 11.9 Å². The van der Waals surface area contributed by atoms with Gasteiger partial charge in [0.25, 0.3) is 5.91 Å². The van der Waals surface area contributed by atoms with Gasteiger partial charge in [-0.05, 0) is 77.4 Å². The quantitative estimate of drug-likeness (QED) is 0.190. The van der Waals surface area contributed by atoms with Crippen LogP contribution in [0, 0.1) is 0 Å². The third-order valence-corrected chi connectivity index (χ3v) is 7.52. The van der Waals surface area contributed by atoms with Gasteiger partial charge >= 0.3 is 0 Å². The molecule has 7 heteroatoms. The first kappa shape index (κ1) is 26.0. The second kappa shape index (κ2) is 12.3. The zero-order valence-corrected chi connectivity index (χ0v) is 24.7. The Kier molecular flexibility index (Phi) is 9.11. The molecule has 4 aromatic carbocycles. The third-order valence-electron chi connectivity index (χ3n) is 5.40. The molecule has 2 atom stereocenters. The molecular weight excluding hydrogens is 700 g/mol. The van der Waals surface area contributed by atoms with Crippen LogP contribution in [0.5, 0.6) is 0 Å². The molecule has 0 aliphatic rings. The summed E-state index contributed by atoms with van der Waals surface area (Å²) in [5, 5.41) is 3.24. The van der Waals surface area contributed by atoms with Crippen molar-refractivity contribution in [2.45, 2.75) is 12.1 Å². The molecule has 0 spiro atoms. The van der Waals surface area contributed by atoms with Gasteiger partial charge in [-0.3, -0.25) is 9.79 Å². The summed E-state index contributed by atoms with van der Waals surface area (Å²) in [5.41, 5.74) is 3.51. The fourth-order valence-corrected chi connectivity index (χ4v) is 4.64.